The van der Waals surface area contributed by atoms with E-state index >= 15 is 4.39 Å². The Balaban J connectivity index is 1.57. The molecule has 0 saturated carbocycles. The average molecular weight is 436 g/mol. The molecule has 5 rings (SSSR count). The number of aryl methyl sites for hydroxylation is 1. The minimum atomic E-state index is -0.712. The van der Waals surface area contributed by atoms with Crippen molar-refractivity contribution in [2.24, 2.45) is 0 Å². The highest BCUT2D eigenvalue weighted by atomic mass is 19.1. The zero-order valence-electron chi connectivity index (χ0n) is 17.3. The van der Waals surface area contributed by atoms with Crippen LogP contribution < -0.4 is 21.2 Å². The molecule has 10 nitrogen and oxygen atoms in total. The van der Waals surface area contributed by atoms with Crippen molar-refractivity contribution in [3.63, 3.8) is 0 Å². The molecule has 1 atom stereocenters. The second kappa shape index (κ2) is 7.91. The Labute approximate surface area is 181 Å². The first kappa shape index (κ1) is 19.9. The molecule has 4 N–H and O–H groups in total. The molecule has 0 saturated heterocycles. The number of tetrazole rings is 1. The summed E-state index contributed by atoms with van der Waals surface area (Å²) in [6.07, 6.45) is 4.87. The van der Waals surface area contributed by atoms with Gasteiger partial charge >= 0.3 is 0 Å². The number of aromatic nitrogens is 6. The lowest BCUT2D eigenvalue weighted by Crippen LogP contribution is -2.26. The molecule has 3 aromatic heterocycles. The summed E-state index contributed by atoms with van der Waals surface area (Å²) in [7, 11) is 0. The van der Waals surface area contributed by atoms with Crippen LogP contribution in [0.4, 0.5) is 15.8 Å². The molecule has 0 bridgehead atoms. The molecule has 0 aliphatic carbocycles. The maximum Gasteiger partial charge on any atom is 0.202 e. The second-order valence-corrected chi connectivity index (χ2v) is 7.70. The van der Waals surface area contributed by atoms with Crippen LogP contribution >= 0.6 is 0 Å². The summed E-state index contributed by atoms with van der Waals surface area (Å²) < 4.78 is 23.1. The largest absolute Gasteiger partial charge is 0.487 e. The molecular formula is C21H21FN8O2. The standard InChI is InChI=1S/C21H21FN8O2/c1-11-10-32-20-17(25-8-4-6-12-5-2-3-7-24-12)15(22)16(23)14-18(20)30(11)9-13(19(14)31)21-26-28-29-27-21/h2-3,5,7,9,11,25H,4,6,8,10,23H2,1H3,(H,26,27,28,29)/t11-/m0/s1. The molecule has 0 amide bonds. The first-order chi connectivity index (χ1) is 15.6. The van der Waals surface area contributed by atoms with E-state index in [9.17, 15) is 4.79 Å². The predicted molar refractivity (Wildman–Crippen MR) is 117 cm³/mol. The van der Waals surface area contributed by atoms with Crippen molar-refractivity contribution in [2.75, 3.05) is 24.2 Å². The molecule has 0 fully saturated rings. The first-order valence-electron chi connectivity index (χ1n) is 10.3. The summed E-state index contributed by atoms with van der Waals surface area (Å²) >= 11 is 0. The van der Waals surface area contributed by atoms with Crippen molar-refractivity contribution in [3.8, 4) is 17.1 Å². The van der Waals surface area contributed by atoms with E-state index in [0.29, 0.717) is 18.7 Å². The lowest BCUT2D eigenvalue weighted by Gasteiger charge is -2.29. The van der Waals surface area contributed by atoms with Gasteiger partial charge in [0.05, 0.1) is 28.2 Å². The monoisotopic (exact) mass is 436 g/mol. The first-order valence-corrected chi connectivity index (χ1v) is 10.3. The van der Waals surface area contributed by atoms with Crippen molar-refractivity contribution in [3.05, 3.63) is 52.3 Å². The van der Waals surface area contributed by atoms with Gasteiger partial charge in [0.15, 0.2) is 17.4 Å². The number of anilines is 2. The molecule has 4 aromatic rings. The Morgan fingerprint density at radius 3 is 3.03 bits per heavy atom. The number of nitrogens with two attached hydrogens (primary N) is 1. The third-order valence-electron chi connectivity index (χ3n) is 5.58. The van der Waals surface area contributed by atoms with E-state index in [4.69, 9.17) is 10.5 Å². The number of H-pyrrole nitrogens is 1. The topological polar surface area (TPSA) is 137 Å². The zero-order chi connectivity index (χ0) is 22.2. The fourth-order valence-electron chi connectivity index (χ4n) is 3.98. The quantitative estimate of drug-likeness (QED) is 0.309. The Morgan fingerprint density at radius 2 is 2.28 bits per heavy atom. The van der Waals surface area contributed by atoms with E-state index in [1.54, 1.807) is 12.4 Å². The van der Waals surface area contributed by atoms with Gasteiger partial charge in [-0.2, -0.15) is 0 Å². The Morgan fingerprint density at radius 1 is 1.41 bits per heavy atom. The molecular weight excluding hydrogens is 415 g/mol. The lowest BCUT2D eigenvalue weighted by molar-refractivity contribution is 0.248. The Hall–Kier alpha value is -4.02. The van der Waals surface area contributed by atoms with Crippen LogP contribution in [-0.2, 0) is 6.42 Å². The van der Waals surface area contributed by atoms with Gasteiger partial charge in [0.2, 0.25) is 5.43 Å². The number of rotatable bonds is 6. The summed E-state index contributed by atoms with van der Waals surface area (Å²) in [5, 5.41) is 16.6. The number of benzene rings is 1. The van der Waals surface area contributed by atoms with Crippen LogP contribution in [0.2, 0.25) is 0 Å². The smallest absolute Gasteiger partial charge is 0.202 e. The van der Waals surface area contributed by atoms with Gasteiger partial charge in [-0.05, 0) is 42.3 Å². The third-order valence-corrected chi connectivity index (χ3v) is 5.58. The maximum absolute atomic E-state index is 15.4. The summed E-state index contributed by atoms with van der Waals surface area (Å²) in [5.74, 6) is -0.240. The number of halogens is 1. The van der Waals surface area contributed by atoms with Crippen molar-refractivity contribution in [1.29, 1.82) is 0 Å². The molecule has 0 spiro atoms. The third kappa shape index (κ3) is 3.22. The summed E-state index contributed by atoms with van der Waals surface area (Å²) in [6.45, 7) is 2.73. The maximum atomic E-state index is 15.4. The fraction of sp³-hybridized carbons (Fsp3) is 0.286. The van der Waals surface area contributed by atoms with Gasteiger partial charge in [-0.3, -0.25) is 9.78 Å². The van der Waals surface area contributed by atoms with Crippen LogP contribution in [0.5, 0.6) is 5.75 Å². The number of nitrogens with one attached hydrogen (secondary N) is 2. The van der Waals surface area contributed by atoms with Crippen LogP contribution in [0.25, 0.3) is 22.3 Å². The number of hydrogen-bond acceptors (Lipinski definition) is 8. The highest BCUT2D eigenvalue weighted by Crippen LogP contribution is 2.43. The number of hydrogen-bond donors (Lipinski definition) is 3. The molecule has 11 heteroatoms. The fourth-order valence-corrected chi connectivity index (χ4v) is 3.98. The van der Waals surface area contributed by atoms with E-state index in [-0.39, 0.29) is 39.9 Å². The minimum Gasteiger partial charge on any atom is -0.487 e. The summed E-state index contributed by atoms with van der Waals surface area (Å²) in [6, 6.07) is 5.63. The lowest BCUT2D eigenvalue weighted by atomic mass is 10.0. The molecule has 1 aromatic carbocycles. The molecule has 164 valence electrons. The van der Waals surface area contributed by atoms with E-state index < -0.39 is 11.2 Å². The van der Waals surface area contributed by atoms with Gasteiger partial charge in [0, 0.05) is 24.6 Å². The van der Waals surface area contributed by atoms with Gasteiger partial charge in [0.25, 0.3) is 0 Å². The SMILES string of the molecule is C[C@H]1COc2c(NCCCc3ccccn3)c(F)c(N)c3c(=O)c(-c4nnn[nH]4)cn1c23. The normalized spacial score (nSPS) is 15.0. The van der Waals surface area contributed by atoms with E-state index in [1.807, 2.05) is 29.7 Å². The predicted octanol–water partition coefficient (Wildman–Crippen LogP) is 2.30. The highest BCUT2D eigenvalue weighted by molar-refractivity contribution is 6.01. The van der Waals surface area contributed by atoms with Crippen LogP contribution in [0.1, 0.15) is 25.1 Å². The molecule has 0 unspecified atom stereocenters. The minimum absolute atomic E-state index is 0.0528. The van der Waals surface area contributed by atoms with Gasteiger partial charge in [-0.15, -0.1) is 5.10 Å². The molecule has 1 aliphatic rings. The Kier molecular flexibility index (Phi) is 4.92. The van der Waals surface area contributed by atoms with E-state index in [0.717, 1.165) is 18.5 Å². The second-order valence-electron chi connectivity index (χ2n) is 7.70. The van der Waals surface area contributed by atoms with Crippen LogP contribution in [0.15, 0.2) is 35.4 Å². The van der Waals surface area contributed by atoms with Gasteiger partial charge in [-0.25, -0.2) is 9.49 Å². The number of pyridine rings is 2. The van der Waals surface area contributed by atoms with Crippen molar-refractivity contribution >= 4 is 22.3 Å². The zero-order valence-corrected chi connectivity index (χ0v) is 17.3. The number of aromatic amines is 1. The molecule has 0 radical (unpaired) electrons. The van der Waals surface area contributed by atoms with Crippen LogP contribution in [-0.4, -0.2) is 43.3 Å². The summed E-state index contributed by atoms with van der Waals surface area (Å²) in [5.41, 5.74) is 7.23. The van der Waals surface area contributed by atoms with Crippen LogP contribution in [0, 0.1) is 5.82 Å². The van der Waals surface area contributed by atoms with Gasteiger partial charge in [0.1, 0.15) is 12.3 Å². The van der Waals surface area contributed by atoms with Gasteiger partial charge < -0.3 is 20.4 Å². The van der Waals surface area contributed by atoms with Gasteiger partial charge in [-0.1, -0.05) is 6.07 Å². The van der Waals surface area contributed by atoms with Crippen molar-refractivity contribution in [1.82, 2.24) is 30.2 Å². The number of nitrogen functional groups attached to an aromatic ring is 1. The number of nitrogens with zero attached hydrogens (tertiary/aromatic N) is 5. The van der Waals surface area contributed by atoms with Crippen LogP contribution in [0.3, 0.4) is 0 Å². The van der Waals surface area contributed by atoms with E-state index in [1.165, 1.54) is 0 Å². The summed E-state index contributed by atoms with van der Waals surface area (Å²) in [4.78, 5) is 17.5. The molecule has 1 aliphatic heterocycles. The van der Waals surface area contributed by atoms with E-state index in [2.05, 4.69) is 30.9 Å². The Bertz CT molecular complexity index is 1340. The molecule has 4 heterocycles. The van der Waals surface area contributed by atoms with Crippen molar-refractivity contribution in [2.45, 2.75) is 25.8 Å². The van der Waals surface area contributed by atoms with Crippen molar-refractivity contribution < 1.29 is 9.13 Å². The average Bonchev–Trinajstić information content (AvgIpc) is 3.34. The highest BCUT2D eigenvalue weighted by Gasteiger charge is 2.30. The molecule has 32 heavy (non-hydrogen) atoms. The number of ether oxygens (including phenoxy) is 1.